The van der Waals surface area contributed by atoms with Crippen molar-refractivity contribution in [1.29, 1.82) is 0 Å². The molecule has 19 heavy (non-hydrogen) atoms. The molecule has 0 radical (unpaired) electrons. The first-order chi connectivity index (χ1) is 8.86. The fourth-order valence-corrected chi connectivity index (χ4v) is 3.11. The van der Waals surface area contributed by atoms with Gasteiger partial charge in [0.05, 0.1) is 0 Å². The summed E-state index contributed by atoms with van der Waals surface area (Å²) >= 11 is 0. The van der Waals surface area contributed by atoms with Crippen molar-refractivity contribution < 1.29 is 9.47 Å². The van der Waals surface area contributed by atoms with Crippen LogP contribution in [0.1, 0.15) is 43.7 Å². The van der Waals surface area contributed by atoms with Crippen molar-refractivity contribution in [1.82, 2.24) is 0 Å². The summed E-state index contributed by atoms with van der Waals surface area (Å²) < 4.78 is 11.4. The number of fused-ring (bicyclic) bond motifs is 1. The van der Waals surface area contributed by atoms with E-state index in [0.29, 0.717) is 19.1 Å². The van der Waals surface area contributed by atoms with E-state index in [9.17, 15) is 0 Å². The lowest BCUT2D eigenvalue weighted by Crippen LogP contribution is -2.25. The van der Waals surface area contributed by atoms with Gasteiger partial charge in [0.2, 0.25) is 0 Å². The molecular formula is C15H22ClNO2. The largest absolute Gasteiger partial charge is 0.486 e. The predicted molar refractivity (Wildman–Crippen MR) is 78.2 cm³/mol. The van der Waals surface area contributed by atoms with Gasteiger partial charge in [0.25, 0.3) is 0 Å². The van der Waals surface area contributed by atoms with E-state index in [1.807, 2.05) is 12.1 Å². The number of halogens is 1. The molecule has 106 valence electrons. The highest BCUT2D eigenvalue weighted by molar-refractivity contribution is 5.85. The third-order valence-electron chi connectivity index (χ3n) is 4.11. The zero-order chi connectivity index (χ0) is 12.4. The zero-order valence-corrected chi connectivity index (χ0v) is 12.0. The Morgan fingerprint density at radius 2 is 1.79 bits per heavy atom. The highest BCUT2D eigenvalue weighted by atomic mass is 35.5. The Labute approximate surface area is 120 Å². The Morgan fingerprint density at radius 3 is 2.58 bits per heavy atom. The third-order valence-corrected chi connectivity index (χ3v) is 4.11. The van der Waals surface area contributed by atoms with Crippen molar-refractivity contribution in [2.75, 3.05) is 13.2 Å². The average Bonchev–Trinajstić information content (AvgIpc) is 2.47. The summed E-state index contributed by atoms with van der Waals surface area (Å²) in [5.74, 6) is 2.32. The van der Waals surface area contributed by atoms with Crippen LogP contribution < -0.4 is 15.2 Å². The maximum atomic E-state index is 6.46. The van der Waals surface area contributed by atoms with Crippen molar-refractivity contribution in [3.8, 4) is 11.5 Å². The summed E-state index contributed by atoms with van der Waals surface area (Å²) in [6.07, 6.45) is 6.46. The molecule has 3 nitrogen and oxygen atoms in total. The SMILES string of the molecule is Cl.N[C@H](c1cccc2c1OCCO2)C1CCCCC1. The van der Waals surface area contributed by atoms with Gasteiger partial charge in [0, 0.05) is 11.6 Å². The minimum atomic E-state index is 0. The van der Waals surface area contributed by atoms with Gasteiger partial charge in [-0.1, -0.05) is 31.4 Å². The van der Waals surface area contributed by atoms with Crippen LogP contribution in [0.2, 0.25) is 0 Å². The van der Waals surface area contributed by atoms with Crippen molar-refractivity contribution in [2.45, 2.75) is 38.1 Å². The first-order valence-corrected chi connectivity index (χ1v) is 7.00. The van der Waals surface area contributed by atoms with E-state index in [1.54, 1.807) is 0 Å². The van der Waals surface area contributed by atoms with Crippen LogP contribution in [-0.2, 0) is 0 Å². The monoisotopic (exact) mass is 283 g/mol. The number of rotatable bonds is 2. The minimum Gasteiger partial charge on any atom is -0.486 e. The molecule has 0 unspecified atom stereocenters. The number of hydrogen-bond donors (Lipinski definition) is 1. The summed E-state index contributed by atoms with van der Waals surface area (Å²) in [6, 6.07) is 6.16. The quantitative estimate of drug-likeness (QED) is 0.904. The third kappa shape index (κ3) is 2.98. The molecule has 1 aromatic carbocycles. The van der Waals surface area contributed by atoms with Crippen LogP contribution in [0.3, 0.4) is 0 Å². The maximum Gasteiger partial charge on any atom is 0.166 e. The molecule has 1 saturated carbocycles. The zero-order valence-electron chi connectivity index (χ0n) is 11.1. The van der Waals surface area contributed by atoms with Crippen LogP contribution in [0.5, 0.6) is 11.5 Å². The van der Waals surface area contributed by atoms with E-state index in [0.717, 1.165) is 17.1 Å². The van der Waals surface area contributed by atoms with Gasteiger partial charge in [-0.05, 0) is 24.8 Å². The predicted octanol–water partition coefficient (Wildman–Crippen LogP) is 3.46. The lowest BCUT2D eigenvalue weighted by atomic mass is 9.81. The molecule has 3 rings (SSSR count). The number of ether oxygens (including phenoxy) is 2. The lowest BCUT2D eigenvalue weighted by Gasteiger charge is -2.30. The fraction of sp³-hybridized carbons (Fsp3) is 0.600. The van der Waals surface area contributed by atoms with E-state index in [-0.39, 0.29) is 18.4 Å². The molecule has 1 fully saturated rings. The van der Waals surface area contributed by atoms with Gasteiger partial charge in [-0.15, -0.1) is 12.4 Å². The van der Waals surface area contributed by atoms with Crippen LogP contribution in [0.15, 0.2) is 18.2 Å². The Kier molecular flexibility index (Phi) is 4.94. The highest BCUT2D eigenvalue weighted by Crippen LogP contribution is 2.41. The summed E-state index contributed by atoms with van der Waals surface area (Å²) in [6.45, 7) is 1.26. The van der Waals surface area contributed by atoms with E-state index in [2.05, 4.69) is 6.07 Å². The van der Waals surface area contributed by atoms with Gasteiger partial charge in [0.1, 0.15) is 13.2 Å². The molecule has 1 aliphatic heterocycles. The molecule has 0 saturated heterocycles. The second kappa shape index (κ2) is 6.49. The second-order valence-electron chi connectivity index (χ2n) is 5.30. The molecule has 1 aromatic rings. The fourth-order valence-electron chi connectivity index (χ4n) is 3.11. The average molecular weight is 284 g/mol. The molecule has 2 aliphatic rings. The lowest BCUT2D eigenvalue weighted by molar-refractivity contribution is 0.167. The Bertz CT molecular complexity index is 419. The summed E-state index contributed by atoms with van der Waals surface area (Å²) in [4.78, 5) is 0. The molecule has 0 spiro atoms. The number of nitrogens with two attached hydrogens (primary N) is 1. The van der Waals surface area contributed by atoms with Crippen molar-refractivity contribution >= 4 is 12.4 Å². The van der Waals surface area contributed by atoms with E-state index in [1.165, 1.54) is 32.1 Å². The molecule has 0 aromatic heterocycles. The normalized spacial score (nSPS) is 20.5. The topological polar surface area (TPSA) is 44.5 Å². The maximum absolute atomic E-state index is 6.46. The van der Waals surface area contributed by atoms with Gasteiger partial charge in [-0.2, -0.15) is 0 Å². The van der Waals surface area contributed by atoms with Crippen LogP contribution in [0, 0.1) is 5.92 Å². The van der Waals surface area contributed by atoms with Crippen molar-refractivity contribution in [2.24, 2.45) is 11.7 Å². The summed E-state index contributed by atoms with van der Waals surface area (Å²) in [7, 11) is 0. The summed E-state index contributed by atoms with van der Waals surface area (Å²) in [5, 5.41) is 0. The van der Waals surface area contributed by atoms with Gasteiger partial charge in [0.15, 0.2) is 11.5 Å². The smallest absolute Gasteiger partial charge is 0.166 e. The van der Waals surface area contributed by atoms with E-state index >= 15 is 0 Å². The Hall–Kier alpha value is -0.930. The van der Waals surface area contributed by atoms with E-state index < -0.39 is 0 Å². The molecule has 0 bridgehead atoms. The van der Waals surface area contributed by atoms with Crippen LogP contribution >= 0.6 is 12.4 Å². The molecule has 4 heteroatoms. The molecular weight excluding hydrogens is 262 g/mol. The summed E-state index contributed by atoms with van der Waals surface area (Å²) in [5.41, 5.74) is 7.58. The Morgan fingerprint density at radius 1 is 1.05 bits per heavy atom. The van der Waals surface area contributed by atoms with Gasteiger partial charge < -0.3 is 15.2 Å². The number of para-hydroxylation sites is 1. The van der Waals surface area contributed by atoms with Gasteiger partial charge in [-0.25, -0.2) is 0 Å². The highest BCUT2D eigenvalue weighted by Gasteiger charge is 2.26. The van der Waals surface area contributed by atoms with Crippen LogP contribution in [0.4, 0.5) is 0 Å². The Balaban J connectivity index is 0.00000133. The minimum absolute atomic E-state index is 0. The second-order valence-corrected chi connectivity index (χ2v) is 5.30. The first kappa shape index (κ1) is 14.5. The van der Waals surface area contributed by atoms with Gasteiger partial charge >= 0.3 is 0 Å². The molecule has 1 aliphatic carbocycles. The molecule has 1 atom stereocenters. The number of hydrogen-bond acceptors (Lipinski definition) is 3. The van der Waals surface area contributed by atoms with Crippen LogP contribution in [-0.4, -0.2) is 13.2 Å². The van der Waals surface area contributed by atoms with Crippen molar-refractivity contribution in [3.63, 3.8) is 0 Å². The standard InChI is InChI=1S/C15H21NO2.ClH/c16-14(11-5-2-1-3-6-11)12-7-4-8-13-15(12)18-10-9-17-13;/h4,7-8,11,14H,1-3,5-6,9-10,16H2;1H/t14-;/m0./s1. The van der Waals surface area contributed by atoms with E-state index in [4.69, 9.17) is 15.2 Å². The van der Waals surface area contributed by atoms with Crippen molar-refractivity contribution in [3.05, 3.63) is 23.8 Å². The molecule has 2 N–H and O–H groups in total. The first-order valence-electron chi connectivity index (χ1n) is 7.00. The number of benzene rings is 1. The molecule has 1 heterocycles. The van der Waals surface area contributed by atoms with Crippen LogP contribution in [0.25, 0.3) is 0 Å². The molecule has 0 amide bonds. The van der Waals surface area contributed by atoms with Gasteiger partial charge in [-0.3, -0.25) is 0 Å².